The van der Waals surface area contributed by atoms with Gasteiger partial charge in [0.15, 0.2) is 0 Å². The van der Waals surface area contributed by atoms with E-state index < -0.39 is 0 Å². The molecular weight excluding hydrogens is 337 g/mol. The standard InChI is InChI=1S/C16H17Cl2N3O2/c1-10(7-19)8-21-16(22)11-5-6-14(20-9-11)23-13-4-2-3-12(17)15(13)18/h2-6,9-10H,7-8,19H2,1H3,(H,21,22). The second kappa shape index (κ2) is 8.15. The van der Waals surface area contributed by atoms with E-state index in [1.54, 1.807) is 30.3 Å². The highest BCUT2D eigenvalue weighted by molar-refractivity contribution is 6.42. The summed E-state index contributed by atoms with van der Waals surface area (Å²) in [6.45, 7) is 3.00. The molecule has 0 saturated carbocycles. The Balaban J connectivity index is 2.02. The molecule has 0 aliphatic heterocycles. The number of amides is 1. The summed E-state index contributed by atoms with van der Waals surface area (Å²) in [5.41, 5.74) is 5.96. The summed E-state index contributed by atoms with van der Waals surface area (Å²) in [7, 11) is 0. The third kappa shape index (κ3) is 4.82. The lowest BCUT2D eigenvalue weighted by Gasteiger charge is -2.10. The van der Waals surface area contributed by atoms with Crippen LogP contribution in [0.4, 0.5) is 0 Å². The summed E-state index contributed by atoms with van der Waals surface area (Å²) >= 11 is 12.0. The molecule has 1 atom stereocenters. The summed E-state index contributed by atoms with van der Waals surface area (Å²) < 4.78 is 5.56. The van der Waals surface area contributed by atoms with Crippen LogP contribution in [0.15, 0.2) is 36.5 Å². The van der Waals surface area contributed by atoms with E-state index in [1.807, 2.05) is 6.92 Å². The predicted octanol–water partition coefficient (Wildman–Crippen LogP) is 3.51. The zero-order valence-corrected chi connectivity index (χ0v) is 14.1. The summed E-state index contributed by atoms with van der Waals surface area (Å²) in [5, 5.41) is 3.51. The van der Waals surface area contributed by atoms with Crippen LogP contribution in [-0.4, -0.2) is 24.0 Å². The number of nitrogens with one attached hydrogen (secondary N) is 1. The Morgan fingerprint density at radius 2 is 2.13 bits per heavy atom. The number of ether oxygens (including phenoxy) is 1. The summed E-state index contributed by atoms with van der Waals surface area (Å²) in [5.74, 6) is 0.742. The van der Waals surface area contributed by atoms with E-state index in [0.717, 1.165) is 0 Å². The Bertz CT molecular complexity index is 678. The zero-order valence-electron chi connectivity index (χ0n) is 12.6. The molecule has 122 valence electrons. The quantitative estimate of drug-likeness (QED) is 0.832. The second-order valence-electron chi connectivity index (χ2n) is 5.09. The number of carbonyl (C=O) groups excluding carboxylic acids is 1. The van der Waals surface area contributed by atoms with Crippen LogP contribution in [0.3, 0.4) is 0 Å². The predicted molar refractivity (Wildman–Crippen MR) is 91.3 cm³/mol. The summed E-state index contributed by atoms with van der Waals surface area (Å²) in [6, 6.07) is 8.30. The fraction of sp³-hybridized carbons (Fsp3) is 0.250. The van der Waals surface area contributed by atoms with Gasteiger partial charge in [0.2, 0.25) is 5.88 Å². The van der Waals surface area contributed by atoms with Crippen LogP contribution in [0.1, 0.15) is 17.3 Å². The van der Waals surface area contributed by atoms with Crippen molar-refractivity contribution in [3.05, 3.63) is 52.1 Å². The molecule has 0 spiro atoms. The Hall–Kier alpha value is -1.82. The number of nitrogens with two attached hydrogens (primary N) is 1. The van der Waals surface area contributed by atoms with Crippen LogP contribution in [0.5, 0.6) is 11.6 Å². The number of rotatable bonds is 6. The highest BCUT2D eigenvalue weighted by Gasteiger charge is 2.10. The molecule has 5 nitrogen and oxygen atoms in total. The number of aromatic nitrogens is 1. The van der Waals surface area contributed by atoms with E-state index in [2.05, 4.69) is 10.3 Å². The molecule has 0 aliphatic carbocycles. The SMILES string of the molecule is CC(CN)CNC(=O)c1ccc(Oc2cccc(Cl)c2Cl)nc1. The van der Waals surface area contributed by atoms with Gasteiger partial charge in [0, 0.05) is 18.8 Å². The molecule has 1 aromatic heterocycles. The first-order chi connectivity index (χ1) is 11.0. The van der Waals surface area contributed by atoms with Crippen molar-refractivity contribution in [2.24, 2.45) is 11.7 Å². The van der Waals surface area contributed by atoms with Crippen LogP contribution in [0.25, 0.3) is 0 Å². The fourth-order valence-electron chi connectivity index (χ4n) is 1.70. The molecule has 0 saturated heterocycles. The molecule has 7 heteroatoms. The number of hydrogen-bond donors (Lipinski definition) is 2. The third-order valence-electron chi connectivity index (χ3n) is 3.14. The molecule has 0 fully saturated rings. The van der Waals surface area contributed by atoms with E-state index >= 15 is 0 Å². The van der Waals surface area contributed by atoms with E-state index in [9.17, 15) is 4.79 Å². The maximum Gasteiger partial charge on any atom is 0.252 e. The lowest BCUT2D eigenvalue weighted by Crippen LogP contribution is -2.31. The maximum absolute atomic E-state index is 12.0. The second-order valence-corrected chi connectivity index (χ2v) is 5.88. The zero-order chi connectivity index (χ0) is 16.8. The monoisotopic (exact) mass is 353 g/mol. The van der Waals surface area contributed by atoms with Crippen LogP contribution >= 0.6 is 23.2 Å². The summed E-state index contributed by atoms with van der Waals surface area (Å²) in [4.78, 5) is 16.1. The lowest BCUT2D eigenvalue weighted by atomic mass is 10.2. The number of benzene rings is 1. The van der Waals surface area contributed by atoms with Crippen LogP contribution < -0.4 is 15.8 Å². The van der Waals surface area contributed by atoms with Gasteiger partial charge in [0.1, 0.15) is 10.8 Å². The minimum Gasteiger partial charge on any atom is -0.437 e. The molecule has 3 N–H and O–H groups in total. The first kappa shape index (κ1) is 17.5. The van der Waals surface area contributed by atoms with E-state index in [-0.39, 0.29) is 11.8 Å². The van der Waals surface area contributed by atoms with Crippen molar-refractivity contribution in [1.82, 2.24) is 10.3 Å². The smallest absolute Gasteiger partial charge is 0.252 e. The molecular formula is C16H17Cl2N3O2. The van der Waals surface area contributed by atoms with Crippen LogP contribution in [0, 0.1) is 5.92 Å². The Morgan fingerprint density at radius 3 is 2.78 bits per heavy atom. The van der Waals surface area contributed by atoms with E-state index in [4.69, 9.17) is 33.7 Å². The molecule has 0 radical (unpaired) electrons. The molecule has 1 amide bonds. The van der Waals surface area contributed by atoms with Gasteiger partial charge in [0.05, 0.1) is 10.6 Å². The van der Waals surface area contributed by atoms with E-state index in [1.165, 1.54) is 6.20 Å². The van der Waals surface area contributed by atoms with Crippen molar-refractivity contribution in [2.45, 2.75) is 6.92 Å². The van der Waals surface area contributed by atoms with Gasteiger partial charge in [-0.05, 0) is 30.7 Å². The first-order valence-corrected chi connectivity index (χ1v) is 7.83. The molecule has 1 heterocycles. The summed E-state index contributed by atoms with van der Waals surface area (Å²) in [6.07, 6.45) is 1.44. The van der Waals surface area contributed by atoms with Crippen molar-refractivity contribution in [1.29, 1.82) is 0 Å². The normalized spacial score (nSPS) is 11.8. The van der Waals surface area contributed by atoms with Crippen molar-refractivity contribution in [3.8, 4) is 11.6 Å². The number of carbonyl (C=O) groups is 1. The Morgan fingerprint density at radius 1 is 1.35 bits per heavy atom. The van der Waals surface area contributed by atoms with Crippen LogP contribution in [-0.2, 0) is 0 Å². The Kier molecular flexibility index (Phi) is 6.21. The number of hydrogen-bond acceptors (Lipinski definition) is 4. The minimum atomic E-state index is -0.204. The molecule has 1 aromatic carbocycles. The molecule has 2 rings (SSSR count). The molecule has 1 unspecified atom stereocenters. The first-order valence-electron chi connectivity index (χ1n) is 7.07. The van der Waals surface area contributed by atoms with Gasteiger partial charge in [-0.25, -0.2) is 4.98 Å². The fourth-order valence-corrected chi connectivity index (χ4v) is 2.03. The van der Waals surface area contributed by atoms with Crippen molar-refractivity contribution in [3.63, 3.8) is 0 Å². The number of halogens is 2. The van der Waals surface area contributed by atoms with Gasteiger partial charge in [0.25, 0.3) is 5.91 Å². The maximum atomic E-state index is 12.0. The van der Waals surface area contributed by atoms with Crippen molar-refractivity contribution < 1.29 is 9.53 Å². The van der Waals surface area contributed by atoms with Gasteiger partial charge in [-0.3, -0.25) is 4.79 Å². The topological polar surface area (TPSA) is 77.2 Å². The largest absolute Gasteiger partial charge is 0.437 e. The molecule has 0 aliphatic rings. The van der Waals surface area contributed by atoms with Gasteiger partial charge < -0.3 is 15.8 Å². The van der Waals surface area contributed by atoms with Crippen LogP contribution in [0.2, 0.25) is 10.0 Å². The average molecular weight is 354 g/mol. The lowest BCUT2D eigenvalue weighted by molar-refractivity contribution is 0.0948. The van der Waals surface area contributed by atoms with Gasteiger partial charge >= 0.3 is 0 Å². The third-order valence-corrected chi connectivity index (χ3v) is 3.94. The van der Waals surface area contributed by atoms with Crippen molar-refractivity contribution >= 4 is 29.1 Å². The number of pyridine rings is 1. The molecule has 0 bridgehead atoms. The van der Waals surface area contributed by atoms with Gasteiger partial charge in [-0.15, -0.1) is 0 Å². The highest BCUT2D eigenvalue weighted by Crippen LogP contribution is 2.33. The van der Waals surface area contributed by atoms with Crippen molar-refractivity contribution in [2.75, 3.05) is 13.1 Å². The highest BCUT2D eigenvalue weighted by atomic mass is 35.5. The molecule has 23 heavy (non-hydrogen) atoms. The number of nitrogens with zero attached hydrogens (tertiary/aromatic N) is 1. The Labute approximate surface area is 144 Å². The van der Waals surface area contributed by atoms with E-state index in [0.29, 0.717) is 40.3 Å². The molecule has 2 aromatic rings. The van der Waals surface area contributed by atoms with Gasteiger partial charge in [-0.1, -0.05) is 36.2 Å². The minimum absolute atomic E-state index is 0.204. The average Bonchev–Trinajstić information content (AvgIpc) is 2.57. The van der Waals surface area contributed by atoms with Gasteiger partial charge in [-0.2, -0.15) is 0 Å².